The highest BCUT2D eigenvalue weighted by Crippen LogP contribution is 2.37. The van der Waals surface area contributed by atoms with Gasteiger partial charge in [0.05, 0.1) is 59.8 Å². The molecule has 20 heteroatoms. The van der Waals surface area contributed by atoms with Crippen LogP contribution in [0.5, 0.6) is 0 Å². The molecule has 6 N–H and O–H groups in total. The first-order valence-corrected chi connectivity index (χ1v) is 19.3. The molecular weight excluding hydrogens is 810 g/mol. The van der Waals surface area contributed by atoms with Gasteiger partial charge in [-0.05, 0) is 76.9 Å². The average Bonchev–Trinajstić information content (AvgIpc) is 3.72. The van der Waals surface area contributed by atoms with Crippen LogP contribution in [0, 0.1) is 5.82 Å². The zero-order chi connectivity index (χ0) is 43.6. The van der Waals surface area contributed by atoms with E-state index in [1.54, 1.807) is 15.6 Å². The predicted molar refractivity (Wildman–Crippen MR) is 213 cm³/mol. The molecule has 0 spiro atoms. The molecule has 3 aromatic heterocycles. The number of benzene rings is 2. The van der Waals surface area contributed by atoms with Crippen molar-refractivity contribution in [1.29, 1.82) is 0 Å². The van der Waals surface area contributed by atoms with Crippen molar-refractivity contribution in [3.05, 3.63) is 87.1 Å². The third-order valence-electron chi connectivity index (χ3n) is 10.2. The van der Waals surface area contributed by atoms with Crippen LogP contribution in [0.2, 0.25) is 5.15 Å². The van der Waals surface area contributed by atoms with Crippen molar-refractivity contribution in [2.24, 2.45) is 11.5 Å². The molecule has 7 rings (SSSR count). The van der Waals surface area contributed by atoms with Gasteiger partial charge in [-0.25, -0.2) is 19.0 Å². The van der Waals surface area contributed by atoms with Gasteiger partial charge in [-0.15, -0.1) is 0 Å². The van der Waals surface area contributed by atoms with Gasteiger partial charge in [-0.2, -0.15) is 23.4 Å². The first-order valence-electron chi connectivity index (χ1n) is 18.9. The van der Waals surface area contributed by atoms with Gasteiger partial charge in [-0.1, -0.05) is 23.7 Å². The van der Waals surface area contributed by atoms with Crippen LogP contribution in [0.4, 0.5) is 27.2 Å². The lowest BCUT2D eigenvalue weighted by atomic mass is 9.94. The fourth-order valence-corrected chi connectivity index (χ4v) is 7.80. The van der Waals surface area contributed by atoms with Gasteiger partial charge >= 0.3 is 18.2 Å². The van der Waals surface area contributed by atoms with E-state index in [-0.39, 0.29) is 71.1 Å². The summed E-state index contributed by atoms with van der Waals surface area (Å²) in [6, 6.07) is 8.88. The summed E-state index contributed by atoms with van der Waals surface area (Å²) in [6.07, 6.45) is -4.63. The lowest BCUT2D eigenvalue weighted by molar-refractivity contribution is -0.139. The Morgan fingerprint density at radius 1 is 0.767 bits per heavy atom. The molecule has 6 amide bonds. The molecule has 0 saturated carbocycles. The highest BCUT2D eigenvalue weighted by atomic mass is 35.5. The number of hydrogen-bond donors (Lipinski definition) is 4. The van der Waals surface area contributed by atoms with E-state index in [4.69, 9.17) is 23.1 Å². The number of aromatic nitrogens is 5. The van der Waals surface area contributed by atoms with E-state index in [1.165, 1.54) is 9.58 Å². The minimum absolute atomic E-state index is 0.0792. The number of carbonyl (C=O) groups excluding carboxylic acids is 4. The van der Waals surface area contributed by atoms with Gasteiger partial charge in [0.1, 0.15) is 22.4 Å². The number of alkyl halides is 3. The number of fused-ring (bicyclic) bond motifs is 3. The first kappa shape index (κ1) is 41.9. The Labute approximate surface area is 346 Å². The second-order valence-corrected chi connectivity index (χ2v) is 16.9. The van der Waals surface area contributed by atoms with Crippen LogP contribution in [0.15, 0.2) is 42.5 Å². The lowest BCUT2D eigenvalue weighted by Gasteiger charge is -2.33. The third-order valence-corrected chi connectivity index (χ3v) is 10.5. The molecule has 15 nitrogen and oxygen atoms in total. The molecule has 5 heterocycles. The Morgan fingerprint density at radius 3 is 1.90 bits per heavy atom. The SMILES string of the molecule is CC(C)(C)NC(=O)N1CCn2nc(-c3cc4ccc(CC(C)(C)NC(=O)N5CCn6nc(-c7ccc(F)c(C(F)(F)F)c7)c(C(N)=O)c6C5)cc4nc3Cl)c(C(N)=O)c2C1. The fraction of sp³-hybridized carbons (Fsp3) is 0.375. The number of urea groups is 2. The van der Waals surface area contributed by atoms with Crippen LogP contribution < -0.4 is 22.1 Å². The van der Waals surface area contributed by atoms with Gasteiger partial charge in [0, 0.05) is 40.7 Å². The molecule has 60 heavy (non-hydrogen) atoms. The Bertz CT molecular complexity index is 2600. The first-order chi connectivity index (χ1) is 28.0. The maximum absolute atomic E-state index is 14.0. The van der Waals surface area contributed by atoms with Crippen molar-refractivity contribution in [1.82, 2.24) is 45.0 Å². The van der Waals surface area contributed by atoms with Crippen molar-refractivity contribution >= 4 is 46.4 Å². The summed E-state index contributed by atoms with van der Waals surface area (Å²) >= 11 is 6.76. The summed E-state index contributed by atoms with van der Waals surface area (Å²) in [5.41, 5.74) is 11.2. The quantitative estimate of drug-likeness (QED) is 0.116. The monoisotopic (exact) mass is 851 g/mol. The van der Waals surface area contributed by atoms with Crippen molar-refractivity contribution in [2.75, 3.05) is 13.1 Å². The molecule has 0 aliphatic carbocycles. The number of nitrogens with zero attached hydrogens (tertiary/aromatic N) is 7. The van der Waals surface area contributed by atoms with Crippen molar-refractivity contribution in [2.45, 2.75) is 84.5 Å². The third kappa shape index (κ3) is 8.30. The van der Waals surface area contributed by atoms with Crippen LogP contribution in [0.1, 0.15) is 77.8 Å². The van der Waals surface area contributed by atoms with Crippen molar-refractivity contribution in [3.8, 4) is 22.5 Å². The van der Waals surface area contributed by atoms with E-state index in [2.05, 4.69) is 25.8 Å². The van der Waals surface area contributed by atoms with Gasteiger partial charge in [0.15, 0.2) is 0 Å². The van der Waals surface area contributed by atoms with Crippen molar-refractivity contribution < 1.29 is 36.7 Å². The summed E-state index contributed by atoms with van der Waals surface area (Å²) in [4.78, 5) is 59.8. The molecule has 0 unspecified atom stereocenters. The molecule has 0 saturated heterocycles. The second-order valence-electron chi connectivity index (χ2n) is 16.6. The highest BCUT2D eigenvalue weighted by molar-refractivity contribution is 6.32. The number of nitrogens with two attached hydrogens (primary N) is 2. The number of amides is 6. The Kier molecular flexibility index (Phi) is 10.5. The fourth-order valence-electron chi connectivity index (χ4n) is 7.57. The van der Waals surface area contributed by atoms with Gasteiger partial charge in [0.25, 0.3) is 11.8 Å². The molecule has 5 aromatic rings. The molecule has 0 fully saturated rings. The minimum Gasteiger partial charge on any atom is -0.365 e. The van der Waals surface area contributed by atoms with E-state index < -0.39 is 46.5 Å². The van der Waals surface area contributed by atoms with E-state index in [1.807, 2.05) is 52.8 Å². The Morgan fingerprint density at radius 2 is 1.33 bits per heavy atom. The van der Waals surface area contributed by atoms with Crippen LogP contribution in [0.3, 0.4) is 0 Å². The lowest BCUT2D eigenvalue weighted by Crippen LogP contribution is -2.52. The Balaban J connectivity index is 1.08. The summed E-state index contributed by atoms with van der Waals surface area (Å²) in [5, 5.41) is 15.7. The van der Waals surface area contributed by atoms with Crippen molar-refractivity contribution in [3.63, 3.8) is 0 Å². The predicted octanol–water partition coefficient (Wildman–Crippen LogP) is 5.84. The number of nitrogens with one attached hydrogen (secondary N) is 2. The molecule has 0 radical (unpaired) electrons. The smallest absolute Gasteiger partial charge is 0.365 e. The summed E-state index contributed by atoms with van der Waals surface area (Å²) in [7, 11) is 0. The molecule has 0 bridgehead atoms. The van der Waals surface area contributed by atoms with Gasteiger partial charge in [0.2, 0.25) is 0 Å². The molecule has 2 aliphatic heterocycles. The summed E-state index contributed by atoms with van der Waals surface area (Å²) in [6.45, 7) is 10.3. The number of hydrogen-bond acceptors (Lipinski definition) is 7. The topological polar surface area (TPSA) is 199 Å². The standard InChI is InChI=1S/C40H42ClF4N11O4/c1-38(2,3)49-36(59)53-10-13-56-28(19-53)30(35(47)58)32(52-56)23-15-21-7-6-20(14-26(21)48-33(23)41)17-39(4,5)50-37(60)54-11-12-55-27(18-54)29(34(46)57)31(51-55)22-8-9-25(42)24(16-22)40(43,44)45/h6-9,14-16H,10-13,17-19H2,1-5H3,(H2,46,57)(H2,47,58)(H,49,59)(H,50,60). The normalized spacial score (nSPS) is 14.5. The van der Waals surface area contributed by atoms with Crippen LogP contribution >= 0.6 is 11.6 Å². The molecule has 316 valence electrons. The maximum atomic E-state index is 14.0. The van der Waals surface area contributed by atoms with E-state index in [0.29, 0.717) is 53.8 Å². The van der Waals surface area contributed by atoms with E-state index in [9.17, 15) is 36.7 Å². The summed E-state index contributed by atoms with van der Waals surface area (Å²) in [5.74, 6) is -3.16. The zero-order valence-corrected chi connectivity index (χ0v) is 34.1. The van der Waals surface area contributed by atoms with E-state index >= 15 is 0 Å². The minimum atomic E-state index is -4.98. The molecular formula is C40H42ClF4N11O4. The van der Waals surface area contributed by atoms with Crippen LogP contribution in [-0.4, -0.2) is 82.4 Å². The van der Waals surface area contributed by atoms with Crippen LogP contribution in [0.25, 0.3) is 33.4 Å². The highest BCUT2D eigenvalue weighted by Gasteiger charge is 2.37. The summed E-state index contributed by atoms with van der Waals surface area (Å²) < 4.78 is 57.6. The average molecular weight is 852 g/mol. The largest absolute Gasteiger partial charge is 0.419 e. The number of rotatable bonds is 7. The number of pyridine rings is 1. The number of carbonyl (C=O) groups is 4. The van der Waals surface area contributed by atoms with Gasteiger partial charge in [-0.3, -0.25) is 19.0 Å². The van der Waals surface area contributed by atoms with Gasteiger partial charge < -0.3 is 31.9 Å². The maximum Gasteiger partial charge on any atom is 0.419 e. The number of primary amides is 2. The zero-order valence-electron chi connectivity index (χ0n) is 33.3. The molecule has 0 atom stereocenters. The molecule has 2 aromatic carbocycles. The van der Waals surface area contributed by atoms with Crippen LogP contribution in [-0.2, 0) is 38.8 Å². The molecule has 2 aliphatic rings. The van der Waals surface area contributed by atoms with E-state index in [0.717, 1.165) is 11.6 Å². The number of halogens is 5. The Hall–Kier alpha value is -6.24. The second kappa shape index (κ2) is 15.1.